The van der Waals surface area contributed by atoms with Crippen LogP contribution in [0.25, 0.3) is 0 Å². The smallest absolute Gasteiger partial charge is 0.141 e. The van der Waals surface area contributed by atoms with E-state index in [1.54, 1.807) is 0 Å². The standard InChI is InChI=1S/C13H15ClO2/c14-12-5-1-3-11(4-2-8-15)13(12)16-9-10-6-7-10/h1,3,5,8,10H,2,4,6-7,9H2. The van der Waals surface area contributed by atoms with Crippen LogP contribution in [0.4, 0.5) is 0 Å². The zero-order valence-electron chi connectivity index (χ0n) is 9.12. The van der Waals surface area contributed by atoms with Gasteiger partial charge in [-0.25, -0.2) is 0 Å². The number of aldehydes is 1. The fourth-order valence-electron chi connectivity index (χ4n) is 1.61. The molecule has 1 aromatic carbocycles. The molecule has 1 aliphatic carbocycles. The van der Waals surface area contributed by atoms with Crippen molar-refractivity contribution in [1.29, 1.82) is 0 Å². The maximum absolute atomic E-state index is 10.4. The van der Waals surface area contributed by atoms with E-state index in [1.807, 2.05) is 18.2 Å². The van der Waals surface area contributed by atoms with E-state index in [0.717, 1.165) is 24.2 Å². The molecule has 1 saturated carbocycles. The first-order valence-electron chi connectivity index (χ1n) is 5.65. The molecular weight excluding hydrogens is 224 g/mol. The number of rotatable bonds is 6. The lowest BCUT2D eigenvalue weighted by molar-refractivity contribution is -0.107. The summed E-state index contributed by atoms with van der Waals surface area (Å²) in [5.74, 6) is 1.47. The van der Waals surface area contributed by atoms with Crippen LogP contribution in [0.2, 0.25) is 5.02 Å². The Bertz CT molecular complexity index is 372. The molecule has 0 radical (unpaired) electrons. The largest absolute Gasteiger partial charge is 0.491 e. The van der Waals surface area contributed by atoms with Gasteiger partial charge in [-0.2, -0.15) is 0 Å². The average molecular weight is 239 g/mol. The van der Waals surface area contributed by atoms with Crippen molar-refractivity contribution >= 4 is 17.9 Å². The Labute approximate surface area is 101 Å². The summed E-state index contributed by atoms with van der Waals surface area (Å²) in [7, 11) is 0. The van der Waals surface area contributed by atoms with Gasteiger partial charge in [-0.1, -0.05) is 23.7 Å². The Balaban J connectivity index is 2.07. The first kappa shape index (κ1) is 11.5. The number of para-hydroxylation sites is 1. The van der Waals surface area contributed by atoms with Crippen LogP contribution in [0.3, 0.4) is 0 Å². The molecular formula is C13H15ClO2. The highest BCUT2D eigenvalue weighted by Gasteiger charge is 2.22. The van der Waals surface area contributed by atoms with Crippen molar-refractivity contribution in [2.75, 3.05) is 6.61 Å². The number of carbonyl (C=O) groups is 1. The van der Waals surface area contributed by atoms with Crippen molar-refractivity contribution in [2.45, 2.75) is 25.7 Å². The van der Waals surface area contributed by atoms with E-state index in [-0.39, 0.29) is 0 Å². The lowest BCUT2D eigenvalue weighted by Crippen LogP contribution is -2.02. The summed E-state index contributed by atoms with van der Waals surface area (Å²) in [6, 6.07) is 5.69. The molecule has 0 spiro atoms. The maximum atomic E-state index is 10.4. The second-order valence-electron chi connectivity index (χ2n) is 4.19. The van der Waals surface area contributed by atoms with E-state index >= 15 is 0 Å². The number of ether oxygens (including phenoxy) is 1. The third-order valence-electron chi connectivity index (χ3n) is 2.74. The number of benzene rings is 1. The molecule has 86 valence electrons. The van der Waals surface area contributed by atoms with Crippen LogP contribution in [-0.4, -0.2) is 12.9 Å². The zero-order chi connectivity index (χ0) is 11.4. The number of aryl methyl sites for hydroxylation is 1. The Morgan fingerprint density at radius 1 is 1.44 bits per heavy atom. The number of halogens is 1. The second kappa shape index (κ2) is 5.35. The highest BCUT2D eigenvalue weighted by Crippen LogP contribution is 2.33. The zero-order valence-corrected chi connectivity index (χ0v) is 9.87. The van der Waals surface area contributed by atoms with Gasteiger partial charge in [0.05, 0.1) is 11.6 Å². The van der Waals surface area contributed by atoms with Crippen molar-refractivity contribution in [3.05, 3.63) is 28.8 Å². The predicted molar refractivity (Wildman–Crippen MR) is 64.1 cm³/mol. The number of hydrogen-bond acceptors (Lipinski definition) is 2. The molecule has 2 nitrogen and oxygen atoms in total. The molecule has 1 fully saturated rings. The lowest BCUT2D eigenvalue weighted by Gasteiger charge is -2.12. The fraction of sp³-hybridized carbons (Fsp3) is 0.462. The molecule has 1 aliphatic rings. The molecule has 0 N–H and O–H groups in total. The SMILES string of the molecule is O=CCCc1cccc(Cl)c1OCC1CC1. The molecule has 0 atom stereocenters. The van der Waals surface area contributed by atoms with Gasteiger partial charge in [0.2, 0.25) is 0 Å². The van der Waals surface area contributed by atoms with E-state index in [1.165, 1.54) is 12.8 Å². The summed E-state index contributed by atoms with van der Waals surface area (Å²) in [4.78, 5) is 10.4. The van der Waals surface area contributed by atoms with Crippen molar-refractivity contribution in [3.8, 4) is 5.75 Å². The van der Waals surface area contributed by atoms with E-state index < -0.39 is 0 Å². The molecule has 0 saturated heterocycles. The van der Waals surface area contributed by atoms with E-state index in [4.69, 9.17) is 16.3 Å². The van der Waals surface area contributed by atoms with Gasteiger partial charge in [0, 0.05) is 6.42 Å². The average Bonchev–Trinajstić information content (AvgIpc) is 3.09. The summed E-state index contributed by atoms with van der Waals surface area (Å²) in [6.07, 6.45) is 4.65. The minimum Gasteiger partial charge on any atom is -0.491 e. The van der Waals surface area contributed by atoms with Crippen LogP contribution in [0.5, 0.6) is 5.75 Å². The van der Waals surface area contributed by atoms with Crippen molar-refractivity contribution in [2.24, 2.45) is 5.92 Å². The lowest BCUT2D eigenvalue weighted by atomic mass is 10.1. The molecule has 0 aliphatic heterocycles. The Morgan fingerprint density at radius 3 is 2.94 bits per heavy atom. The molecule has 0 heterocycles. The third kappa shape index (κ3) is 2.99. The Kier molecular flexibility index (Phi) is 3.83. The normalized spacial score (nSPS) is 14.8. The summed E-state index contributed by atoms with van der Waals surface area (Å²) >= 11 is 6.10. The van der Waals surface area contributed by atoms with Crippen LogP contribution in [0, 0.1) is 5.92 Å². The van der Waals surface area contributed by atoms with Crippen molar-refractivity contribution < 1.29 is 9.53 Å². The maximum Gasteiger partial charge on any atom is 0.141 e. The molecule has 0 amide bonds. The molecule has 0 aromatic heterocycles. The molecule has 0 unspecified atom stereocenters. The van der Waals surface area contributed by atoms with Gasteiger partial charge in [-0.3, -0.25) is 0 Å². The van der Waals surface area contributed by atoms with Gasteiger partial charge in [0.15, 0.2) is 0 Å². The first-order chi connectivity index (χ1) is 7.81. The Hall–Kier alpha value is -1.02. The Morgan fingerprint density at radius 2 is 2.25 bits per heavy atom. The number of carbonyl (C=O) groups excluding carboxylic acids is 1. The summed E-state index contributed by atoms with van der Waals surface area (Å²) in [5, 5.41) is 0.643. The third-order valence-corrected chi connectivity index (χ3v) is 3.04. The second-order valence-corrected chi connectivity index (χ2v) is 4.60. The minimum atomic E-state index is 0.514. The fourth-order valence-corrected chi connectivity index (χ4v) is 1.86. The highest BCUT2D eigenvalue weighted by atomic mass is 35.5. The van der Waals surface area contributed by atoms with Crippen LogP contribution >= 0.6 is 11.6 Å². The highest BCUT2D eigenvalue weighted by molar-refractivity contribution is 6.32. The van der Waals surface area contributed by atoms with E-state index in [9.17, 15) is 4.79 Å². The van der Waals surface area contributed by atoms with E-state index in [0.29, 0.717) is 23.8 Å². The monoisotopic (exact) mass is 238 g/mol. The molecule has 3 heteroatoms. The van der Waals surface area contributed by atoms with Crippen LogP contribution in [0.15, 0.2) is 18.2 Å². The van der Waals surface area contributed by atoms with Crippen molar-refractivity contribution in [3.63, 3.8) is 0 Å². The number of hydrogen-bond donors (Lipinski definition) is 0. The predicted octanol–water partition coefficient (Wildman–Crippen LogP) is 3.26. The molecule has 2 rings (SSSR count). The van der Waals surface area contributed by atoms with E-state index in [2.05, 4.69) is 0 Å². The van der Waals surface area contributed by atoms with Gasteiger partial charge in [-0.05, 0) is 36.8 Å². The topological polar surface area (TPSA) is 26.3 Å². The van der Waals surface area contributed by atoms with Crippen LogP contribution in [-0.2, 0) is 11.2 Å². The molecule has 16 heavy (non-hydrogen) atoms. The van der Waals surface area contributed by atoms with Gasteiger partial charge < -0.3 is 9.53 Å². The summed E-state index contributed by atoms with van der Waals surface area (Å²) in [6.45, 7) is 0.748. The first-order valence-corrected chi connectivity index (χ1v) is 6.03. The van der Waals surface area contributed by atoms with Crippen LogP contribution in [0.1, 0.15) is 24.8 Å². The van der Waals surface area contributed by atoms with Gasteiger partial charge in [-0.15, -0.1) is 0 Å². The summed E-state index contributed by atoms with van der Waals surface area (Å²) in [5.41, 5.74) is 1.03. The summed E-state index contributed by atoms with van der Waals surface area (Å²) < 4.78 is 5.74. The van der Waals surface area contributed by atoms with Gasteiger partial charge in [0.1, 0.15) is 12.0 Å². The van der Waals surface area contributed by atoms with Crippen molar-refractivity contribution in [1.82, 2.24) is 0 Å². The minimum absolute atomic E-state index is 0.514. The van der Waals surface area contributed by atoms with Gasteiger partial charge in [0.25, 0.3) is 0 Å². The van der Waals surface area contributed by atoms with Gasteiger partial charge >= 0.3 is 0 Å². The molecule has 0 bridgehead atoms. The van der Waals surface area contributed by atoms with Crippen LogP contribution < -0.4 is 4.74 Å². The quantitative estimate of drug-likeness (QED) is 0.711. The molecule has 1 aromatic rings.